The SMILES string of the molecule is c1ccc(COC[C@@H]2O[C@H](Sc3ccccc3)[C@H](OCc3ccccc3)[C@@H](OCc3ccccc3)[C@H]2OCc2ccccc2)cc1. The minimum atomic E-state index is -0.451. The van der Waals surface area contributed by atoms with Gasteiger partial charge < -0.3 is 23.7 Å². The molecule has 1 saturated heterocycles. The molecule has 236 valence electrons. The number of ether oxygens (including phenoxy) is 5. The Morgan fingerprint density at radius 1 is 0.435 bits per heavy atom. The molecule has 0 N–H and O–H groups in total. The quantitative estimate of drug-likeness (QED) is 0.115. The van der Waals surface area contributed by atoms with Gasteiger partial charge in [0.15, 0.2) is 0 Å². The molecule has 1 fully saturated rings. The monoisotopic (exact) mass is 632 g/mol. The molecule has 0 saturated carbocycles. The largest absolute Gasteiger partial charge is 0.374 e. The smallest absolute Gasteiger partial charge is 0.137 e. The number of hydrogen-bond donors (Lipinski definition) is 0. The lowest BCUT2D eigenvalue weighted by Gasteiger charge is -2.46. The highest BCUT2D eigenvalue weighted by Gasteiger charge is 2.48. The molecule has 0 unspecified atom stereocenters. The van der Waals surface area contributed by atoms with Crippen LogP contribution in [0.15, 0.2) is 157 Å². The summed E-state index contributed by atoms with van der Waals surface area (Å²) in [6.45, 7) is 2.08. The highest BCUT2D eigenvalue weighted by atomic mass is 32.2. The van der Waals surface area contributed by atoms with Gasteiger partial charge >= 0.3 is 0 Å². The summed E-state index contributed by atoms with van der Waals surface area (Å²) in [5, 5.41) is 0. The molecule has 6 rings (SSSR count). The molecular weight excluding hydrogens is 593 g/mol. The molecule has 1 aliphatic rings. The highest BCUT2D eigenvalue weighted by Crippen LogP contribution is 2.38. The zero-order valence-electron chi connectivity index (χ0n) is 25.8. The molecule has 46 heavy (non-hydrogen) atoms. The maximum absolute atomic E-state index is 6.92. The number of thioether (sulfide) groups is 1. The van der Waals surface area contributed by atoms with Gasteiger partial charge in [0.25, 0.3) is 0 Å². The lowest BCUT2D eigenvalue weighted by atomic mass is 9.98. The first kappa shape index (κ1) is 32.2. The minimum Gasteiger partial charge on any atom is -0.374 e. The van der Waals surface area contributed by atoms with Crippen LogP contribution in [0, 0.1) is 0 Å². The summed E-state index contributed by atoms with van der Waals surface area (Å²) in [4.78, 5) is 1.09. The second kappa shape index (κ2) is 17.2. The van der Waals surface area contributed by atoms with Gasteiger partial charge in [0.1, 0.15) is 29.9 Å². The average molecular weight is 633 g/mol. The van der Waals surface area contributed by atoms with E-state index in [1.807, 2.05) is 91.0 Å². The van der Waals surface area contributed by atoms with Crippen molar-refractivity contribution in [1.82, 2.24) is 0 Å². The Hall–Kier alpha value is -3.75. The van der Waals surface area contributed by atoms with Gasteiger partial charge in [-0.25, -0.2) is 0 Å². The van der Waals surface area contributed by atoms with Gasteiger partial charge in [-0.1, -0.05) is 151 Å². The Morgan fingerprint density at radius 3 is 1.30 bits per heavy atom. The molecule has 0 radical (unpaired) electrons. The van der Waals surface area contributed by atoms with E-state index in [1.54, 1.807) is 11.8 Å². The molecule has 1 heterocycles. The van der Waals surface area contributed by atoms with Crippen molar-refractivity contribution < 1.29 is 23.7 Å². The summed E-state index contributed by atoms with van der Waals surface area (Å²) in [5.41, 5.74) is 3.99. The van der Waals surface area contributed by atoms with Crippen LogP contribution < -0.4 is 0 Å². The first-order valence-electron chi connectivity index (χ1n) is 15.8. The second-order valence-electron chi connectivity index (χ2n) is 11.3. The van der Waals surface area contributed by atoms with Crippen molar-refractivity contribution in [1.29, 1.82) is 0 Å². The number of rotatable bonds is 15. The van der Waals surface area contributed by atoms with Gasteiger partial charge in [-0.3, -0.25) is 0 Å². The molecule has 0 amide bonds. The number of benzene rings is 5. The summed E-state index contributed by atoms with van der Waals surface area (Å²) >= 11 is 1.64. The fraction of sp³-hybridized carbons (Fsp3) is 0.250. The molecule has 0 aliphatic carbocycles. The van der Waals surface area contributed by atoms with Crippen LogP contribution in [0.3, 0.4) is 0 Å². The molecule has 5 nitrogen and oxygen atoms in total. The van der Waals surface area contributed by atoms with Crippen molar-refractivity contribution in [3.05, 3.63) is 174 Å². The van der Waals surface area contributed by atoms with Gasteiger partial charge in [0, 0.05) is 4.90 Å². The van der Waals surface area contributed by atoms with E-state index in [9.17, 15) is 0 Å². The van der Waals surface area contributed by atoms with E-state index in [0.29, 0.717) is 33.0 Å². The van der Waals surface area contributed by atoms with E-state index in [2.05, 4.69) is 60.7 Å². The molecule has 5 aromatic rings. The average Bonchev–Trinajstić information content (AvgIpc) is 3.12. The lowest BCUT2D eigenvalue weighted by molar-refractivity contribution is -0.254. The van der Waals surface area contributed by atoms with Crippen LogP contribution in [0.4, 0.5) is 0 Å². The third-order valence-corrected chi connectivity index (χ3v) is 8.99. The van der Waals surface area contributed by atoms with E-state index in [-0.39, 0.29) is 5.44 Å². The standard InChI is InChI=1S/C40H40O5S/c1-6-16-31(17-7-1)26-41-30-36-37(42-27-32-18-8-2-9-19-32)38(43-28-33-20-10-3-11-21-33)39(44-29-34-22-12-4-13-23-34)40(45-36)46-35-24-14-5-15-25-35/h1-25,36-40H,26-30H2/t36-,37-,38-,39+,40+/m0/s1. The summed E-state index contributed by atoms with van der Waals surface area (Å²) < 4.78 is 33.6. The third-order valence-electron chi connectivity index (χ3n) is 7.84. The molecule has 5 atom stereocenters. The molecule has 0 bridgehead atoms. The summed E-state index contributed by atoms with van der Waals surface area (Å²) in [6.07, 6.45) is -1.72. The van der Waals surface area contributed by atoms with Crippen molar-refractivity contribution in [2.24, 2.45) is 0 Å². The summed E-state index contributed by atoms with van der Waals surface area (Å²) in [5.74, 6) is 0. The normalized spacial score (nSPS) is 21.2. The second-order valence-corrected chi connectivity index (χ2v) is 12.4. The Balaban J connectivity index is 1.31. The van der Waals surface area contributed by atoms with Gasteiger partial charge in [-0.05, 0) is 34.4 Å². The molecule has 0 spiro atoms. The molecule has 0 aromatic heterocycles. The van der Waals surface area contributed by atoms with Gasteiger partial charge in [0.05, 0.1) is 33.0 Å². The maximum atomic E-state index is 6.92. The number of hydrogen-bond acceptors (Lipinski definition) is 6. The summed E-state index contributed by atoms with van der Waals surface area (Å²) in [7, 11) is 0. The molecule has 1 aliphatic heterocycles. The summed E-state index contributed by atoms with van der Waals surface area (Å²) in [6, 6.07) is 51.2. The van der Waals surface area contributed by atoms with Crippen LogP contribution in [0.2, 0.25) is 0 Å². The fourth-order valence-corrected chi connectivity index (χ4v) is 6.62. The topological polar surface area (TPSA) is 46.2 Å². The van der Waals surface area contributed by atoms with E-state index in [4.69, 9.17) is 23.7 Å². The van der Waals surface area contributed by atoms with E-state index >= 15 is 0 Å². The van der Waals surface area contributed by atoms with Gasteiger partial charge in [-0.2, -0.15) is 0 Å². The highest BCUT2D eigenvalue weighted by molar-refractivity contribution is 7.99. The Morgan fingerprint density at radius 2 is 0.826 bits per heavy atom. The van der Waals surface area contributed by atoms with Crippen molar-refractivity contribution in [2.75, 3.05) is 6.61 Å². The van der Waals surface area contributed by atoms with Crippen molar-refractivity contribution >= 4 is 11.8 Å². The van der Waals surface area contributed by atoms with Crippen molar-refractivity contribution in [2.45, 2.75) is 61.2 Å². The predicted molar refractivity (Wildman–Crippen MR) is 182 cm³/mol. The van der Waals surface area contributed by atoms with Crippen LogP contribution in [-0.4, -0.2) is 36.5 Å². The Labute approximate surface area is 276 Å². The fourth-order valence-electron chi connectivity index (χ4n) is 5.48. The first-order valence-corrected chi connectivity index (χ1v) is 16.7. The van der Waals surface area contributed by atoms with E-state index < -0.39 is 24.4 Å². The van der Waals surface area contributed by atoms with E-state index in [1.165, 1.54) is 0 Å². The molecular formula is C40H40O5S. The lowest BCUT2D eigenvalue weighted by Crippen LogP contribution is -2.60. The Kier molecular flexibility index (Phi) is 12.1. The van der Waals surface area contributed by atoms with E-state index in [0.717, 1.165) is 27.1 Å². The Bertz CT molecular complexity index is 1540. The van der Waals surface area contributed by atoms with Gasteiger partial charge in [0.2, 0.25) is 0 Å². The predicted octanol–water partition coefficient (Wildman–Crippen LogP) is 8.48. The van der Waals surface area contributed by atoms with Gasteiger partial charge in [-0.15, -0.1) is 0 Å². The minimum absolute atomic E-state index is 0.344. The maximum Gasteiger partial charge on any atom is 0.137 e. The third kappa shape index (κ3) is 9.39. The first-order chi connectivity index (χ1) is 22.8. The van der Waals surface area contributed by atoms with Crippen LogP contribution in [0.25, 0.3) is 0 Å². The zero-order chi connectivity index (χ0) is 31.2. The van der Waals surface area contributed by atoms with Crippen molar-refractivity contribution in [3.63, 3.8) is 0 Å². The van der Waals surface area contributed by atoms with Crippen LogP contribution in [0.5, 0.6) is 0 Å². The van der Waals surface area contributed by atoms with Crippen molar-refractivity contribution in [3.8, 4) is 0 Å². The van der Waals surface area contributed by atoms with Crippen LogP contribution in [0.1, 0.15) is 22.3 Å². The van der Waals surface area contributed by atoms with Crippen LogP contribution in [-0.2, 0) is 50.1 Å². The van der Waals surface area contributed by atoms with Crippen LogP contribution >= 0.6 is 11.8 Å². The zero-order valence-corrected chi connectivity index (χ0v) is 26.6. The molecule has 6 heteroatoms. The molecule has 5 aromatic carbocycles.